The van der Waals surface area contributed by atoms with Crippen molar-refractivity contribution in [3.05, 3.63) is 23.4 Å². The first-order valence-electron chi connectivity index (χ1n) is 5.89. The quantitative estimate of drug-likeness (QED) is 0.738. The van der Waals surface area contributed by atoms with Crippen LogP contribution >= 0.6 is 0 Å². The molecule has 2 N–H and O–H groups in total. The second-order valence-corrected chi connectivity index (χ2v) is 4.32. The van der Waals surface area contributed by atoms with Crippen molar-refractivity contribution in [3.8, 4) is 6.07 Å². The Morgan fingerprint density at radius 2 is 2.35 bits per heavy atom. The van der Waals surface area contributed by atoms with Crippen molar-refractivity contribution in [1.82, 2.24) is 4.98 Å². The summed E-state index contributed by atoms with van der Waals surface area (Å²) in [6.45, 7) is 4.92. The van der Waals surface area contributed by atoms with Gasteiger partial charge in [-0.2, -0.15) is 5.26 Å². The van der Waals surface area contributed by atoms with Crippen molar-refractivity contribution < 1.29 is 5.11 Å². The molecular weight excluding hydrogens is 214 g/mol. The SMILES string of the molecule is Cc1ccnc(NCCCC(C)CO)c1C#N. The standard InChI is InChI=1S/C13H19N3O/c1-10(9-17)4-3-6-15-13-12(8-14)11(2)5-7-16-13/h5,7,10,17H,3-4,6,9H2,1-2H3,(H,15,16). The van der Waals surface area contributed by atoms with Crippen LogP contribution in [0.4, 0.5) is 5.82 Å². The van der Waals surface area contributed by atoms with Gasteiger partial charge in [0.1, 0.15) is 11.9 Å². The lowest BCUT2D eigenvalue weighted by molar-refractivity contribution is 0.229. The van der Waals surface area contributed by atoms with E-state index >= 15 is 0 Å². The van der Waals surface area contributed by atoms with Gasteiger partial charge < -0.3 is 10.4 Å². The average molecular weight is 233 g/mol. The first-order valence-corrected chi connectivity index (χ1v) is 5.89. The van der Waals surface area contributed by atoms with E-state index in [0.29, 0.717) is 17.3 Å². The topological polar surface area (TPSA) is 68.9 Å². The van der Waals surface area contributed by atoms with Crippen molar-refractivity contribution in [2.24, 2.45) is 5.92 Å². The predicted octanol–water partition coefficient (Wildman–Crippen LogP) is 2.08. The van der Waals surface area contributed by atoms with Gasteiger partial charge in [-0.05, 0) is 37.3 Å². The number of hydrogen-bond acceptors (Lipinski definition) is 4. The molecule has 1 aromatic heterocycles. The highest BCUT2D eigenvalue weighted by Crippen LogP contribution is 2.15. The van der Waals surface area contributed by atoms with Crippen LogP contribution in [0.3, 0.4) is 0 Å². The molecule has 0 saturated heterocycles. The van der Waals surface area contributed by atoms with Crippen molar-refractivity contribution in [3.63, 3.8) is 0 Å². The highest BCUT2D eigenvalue weighted by atomic mass is 16.3. The highest BCUT2D eigenvalue weighted by Gasteiger charge is 2.05. The van der Waals surface area contributed by atoms with Crippen LogP contribution in [0, 0.1) is 24.2 Å². The van der Waals surface area contributed by atoms with Crippen LogP contribution in [-0.2, 0) is 0 Å². The third-order valence-electron chi connectivity index (χ3n) is 2.75. The van der Waals surface area contributed by atoms with Crippen LogP contribution in [-0.4, -0.2) is 23.2 Å². The molecular formula is C13H19N3O. The van der Waals surface area contributed by atoms with Gasteiger partial charge >= 0.3 is 0 Å². The molecule has 0 radical (unpaired) electrons. The summed E-state index contributed by atoms with van der Waals surface area (Å²) >= 11 is 0. The third-order valence-corrected chi connectivity index (χ3v) is 2.75. The number of hydrogen-bond donors (Lipinski definition) is 2. The summed E-state index contributed by atoms with van der Waals surface area (Å²) in [7, 11) is 0. The molecule has 1 rings (SSSR count). The smallest absolute Gasteiger partial charge is 0.144 e. The molecule has 0 aliphatic heterocycles. The summed E-state index contributed by atoms with van der Waals surface area (Å²) in [5, 5.41) is 21.1. The molecule has 92 valence electrons. The summed E-state index contributed by atoms with van der Waals surface area (Å²) in [5.74, 6) is 0.988. The first kappa shape index (κ1) is 13.5. The lowest BCUT2D eigenvalue weighted by Gasteiger charge is -2.10. The Bertz CT molecular complexity index is 398. The van der Waals surface area contributed by atoms with E-state index in [-0.39, 0.29) is 6.61 Å². The Kier molecular flexibility index (Phi) is 5.44. The second kappa shape index (κ2) is 6.87. The summed E-state index contributed by atoms with van der Waals surface area (Å²) in [4.78, 5) is 4.16. The summed E-state index contributed by atoms with van der Waals surface area (Å²) in [6, 6.07) is 3.99. The maximum absolute atomic E-state index is 9.02. The fourth-order valence-electron chi connectivity index (χ4n) is 1.58. The van der Waals surface area contributed by atoms with Gasteiger partial charge in [0.05, 0.1) is 5.56 Å². The average Bonchev–Trinajstić information content (AvgIpc) is 2.34. The zero-order valence-corrected chi connectivity index (χ0v) is 10.4. The number of aliphatic hydroxyl groups excluding tert-OH is 1. The minimum absolute atomic E-state index is 0.228. The number of aryl methyl sites for hydroxylation is 1. The molecule has 0 aromatic carbocycles. The molecule has 0 amide bonds. The zero-order valence-electron chi connectivity index (χ0n) is 10.4. The summed E-state index contributed by atoms with van der Waals surface area (Å²) in [5.41, 5.74) is 1.55. The van der Waals surface area contributed by atoms with E-state index in [9.17, 15) is 0 Å². The lowest BCUT2D eigenvalue weighted by atomic mass is 10.1. The number of anilines is 1. The Morgan fingerprint density at radius 1 is 1.59 bits per heavy atom. The normalized spacial score (nSPS) is 11.9. The van der Waals surface area contributed by atoms with Crippen LogP contribution in [0.15, 0.2) is 12.3 Å². The predicted molar refractivity (Wildman–Crippen MR) is 67.7 cm³/mol. The number of nitrogens with zero attached hydrogens (tertiary/aromatic N) is 2. The minimum atomic E-state index is 0.228. The first-order chi connectivity index (χ1) is 8.19. The minimum Gasteiger partial charge on any atom is -0.396 e. The maximum atomic E-state index is 9.02. The summed E-state index contributed by atoms with van der Waals surface area (Å²) in [6.07, 6.45) is 3.63. The molecule has 0 bridgehead atoms. The Labute approximate surface area is 102 Å². The summed E-state index contributed by atoms with van der Waals surface area (Å²) < 4.78 is 0. The lowest BCUT2D eigenvalue weighted by Crippen LogP contribution is -2.08. The van der Waals surface area contributed by atoms with Crippen LogP contribution in [0.1, 0.15) is 30.9 Å². The second-order valence-electron chi connectivity index (χ2n) is 4.32. The molecule has 1 atom stereocenters. The van der Waals surface area contributed by atoms with Gasteiger partial charge in [-0.3, -0.25) is 0 Å². The van der Waals surface area contributed by atoms with Gasteiger partial charge in [-0.15, -0.1) is 0 Å². The van der Waals surface area contributed by atoms with Crippen LogP contribution in [0.25, 0.3) is 0 Å². The molecule has 17 heavy (non-hydrogen) atoms. The Balaban J connectivity index is 2.47. The van der Waals surface area contributed by atoms with Crippen molar-refractivity contribution >= 4 is 5.82 Å². The maximum Gasteiger partial charge on any atom is 0.144 e. The number of nitriles is 1. The van der Waals surface area contributed by atoms with E-state index in [4.69, 9.17) is 10.4 Å². The van der Waals surface area contributed by atoms with E-state index in [0.717, 1.165) is 24.9 Å². The third kappa shape index (κ3) is 4.04. The van der Waals surface area contributed by atoms with Crippen LogP contribution in [0.5, 0.6) is 0 Å². The monoisotopic (exact) mass is 233 g/mol. The van der Waals surface area contributed by atoms with Crippen molar-refractivity contribution in [2.75, 3.05) is 18.5 Å². The van der Waals surface area contributed by atoms with Crippen LogP contribution < -0.4 is 5.32 Å². The van der Waals surface area contributed by atoms with Crippen molar-refractivity contribution in [2.45, 2.75) is 26.7 Å². The largest absolute Gasteiger partial charge is 0.396 e. The molecule has 0 saturated carbocycles. The molecule has 1 aromatic rings. The van der Waals surface area contributed by atoms with Gasteiger partial charge in [-0.25, -0.2) is 4.98 Å². The molecule has 0 aliphatic rings. The van der Waals surface area contributed by atoms with E-state index in [1.165, 1.54) is 0 Å². The fourth-order valence-corrected chi connectivity index (χ4v) is 1.58. The van der Waals surface area contributed by atoms with E-state index < -0.39 is 0 Å². The number of aromatic nitrogens is 1. The Morgan fingerprint density at radius 3 is 3.00 bits per heavy atom. The molecule has 0 fully saturated rings. The van der Waals surface area contributed by atoms with Gasteiger partial charge in [-0.1, -0.05) is 6.92 Å². The van der Waals surface area contributed by atoms with E-state index in [1.54, 1.807) is 6.20 Å². The molecule has 1 unspecified atom stereocenters. The Hall–Kier alpha value is -1.60. The molecule has 4 nitrogen and oxygen atoms in total. The van der Waals surface area contributed by atoms with Gasteiger partial charge in [0.15, 0.2) is 0 Å². The number of rotatable bonds is 6. The van der Waals surface area contributed by atoms with Crippen LogP contribution in [0.2, 0.25) is 0 Å². The fraction of sp³-hybridized carbons (Fsp3) is 0.538. The van der Waals surface area contributed by atoms with Gasteiger partial charge in [0.2, 0.25) is 0 Å². The van der Waals surface area contributed by atoms with Gasteiger partial charge in [0, 0.05) is 19.3 Å². The van der Waals surface area contributed by atoms with E-state index in [1.807, 2.05) is 19.9 Å². The number of pyridine rings is 1. The molecule has 1 heterocycles. The molecule has 0 spiro atoms. The van der Waals surface area contributed by atoms with E-state index in [2.05, 4.69) is 16.4 Å². The molecule has 0 aliphatic carbocycles. The van der Waals surface area contributed by atoms with Crippen molar-refractivity contribution in [1.29, 1.82) is 5.26 Å². The highest BCUT2D eigenvalue weighted by molar-refractivity contribution is 5.55. The number of aliphatic hydroxyl groups is 1. The zero-order chi connectivity index (χ0) is 12.7. The number of nitrogens with one attached hydrogen (secondary N) is 1. The molecule has 4 heteroatoms. The van der Waals surface area contributed by atoms with Gasteiger partial charge in [0.25, 0.3) is 0 Å².